The Bertz CT molecular complexity index is 774. The van der Waals surface area contributed by atoms with Crippen molar-refractivity contribution in [3.63, 3.8) is 0 Å². The monoisotopic (exact) mass is 336 g/mol. The minimum Gasteiger partial charge on any atom is -0.502 e. The number of ether oxygens (including phenoxy) is 1. The highest BCUT2D eigenvalue weighted by Gasteiger charge is 2.25. The molecule has 3 rings (SSSR count). The molecule has 0 radical (unpaired) electrons. The molecule has 0 aromatic carbocycles. The molecule has 6 nitrogen and oxygen atoms in total. The van der Waals surface area contributed by atoms with Crippen LogP contribution in [0.5, 0.6) is 5.75 Å². The van der Waals surface area contributed by atoms with Crippen LogP contribution in [0.15, 0.2) is 16.2 Å². The number of hydrogen-bond acceptors (Lipinski definition) is 6. The molecule has 0 unspecified atom stereocenters. The van der Waals surface area contributed by atoms with Crippen LogP contribution in [0.2, 0.25) is 0 Å². The molecule has 1 saturated heterocycles. The molecule has 124 valence electrons. The van der Waals surface area contributed by atoms with Gasteiger partial charge >= 0.3 is 5.97 Å². The summed E-state index contributed by atoms with van der Waals surface area (Å²) in [5.41, 5.74) is 0.167. The normalized spacial score (nSPS) is 15.9. The predicted molar refractivity (Wildman–Crippen MR) is 89.3 cm³/mol. The Morgan fingerprint density at radius 2 is 2.22 bits per heavy atom. The van der Waals surface area contributed by atoms with Gasteiger partial charge in [-0.05, 0) is 50.2 Å². The number of nitrogens with zero attached hydrogens (tertiary/aromatic N) is 1. The van der Waals surface area contributed by atoms with Crippen LogP contribution in [0.4, 0.5) is 0 Å². The van der Waals surface area contributed by atoms with Gasteiger partial charge in [0.2, 0.25) is 0 Å². The summed E-state index contributed by atoms with van der Waals surface area (Å²) in [5, 5.41) is 15.4. The number of fused-ring (bicyclic) bond motifs is 1. The van der Waals surface area contributed by atoms with E-state index in [9.17, 15) is 14.7 Å². The number of aromatic nitrogens is 1. The molecule has 3 heterocycles. The number of thiophene rings is 1. The molecule has 0 aliphatic carbocycles. The van der Waals surface area contributed by atoms with Gasteiger partial charge in [0.25, 0.3) is 5.56 Å². The van der Waals surface area contributed by atoms with Crippen LogP contribution in [-0.4, -0.2) is 35.3 Å². The molecule has 1 fully saturated rings. The summed E-state index contributed by atoms with van der Waals surface area (Å²) in [7, 11) is 0. The van der Waals surface area contributed by atoms with Gasteiger partial charge in [0.05, 0.1) is 16.8 Å². The Morgan fingerprint density at radius 3 is 2.91 bits per heavy atom. The van der Waals surface area contributed by atoms with Gasteiger partial charge in [-0.2, -0.15) is 0 Å². The first kappa shape index (κ1) is 16.0. The molecule has 7 heteroatoms. The molecule has 2 aromatic heterocycles. The number of rotatable bonds is 4. The van der Waals surface area contributed by atoms with Crippen molar-refractivity contribution >= 4 is 27.5 Å². The second kappa shape index (κ2) is 6.72. The molecule has 0 bridgehead atoms. The molecule has 1 aliphatic rings. The number of nitrogens with one attached hydrogen (secondary N) is 1. The molecule has 2 N–H and O–H groups in total. The smallest absolute Gasteiger partial charge is 0.343 e. The average molecular weight is 336 g/mol. The Morgan fingerprint density at radius 1 is 1.48 bits per heavy atom. The number of carbonyl (C=O) groups excluding carboxylic acids is 1. The number of piperidine rings is 1. The molecule has 0 amide bonds. The van der Waals surface area contributed by atoms with E-state index in [2.05, 4.69) is 5.32 Å². The highest BCUT2D eigenvalue weighted by atomic mass is 32.1. The fourth-order valence-corrected chi connectivity index (χ4v) is 3.98. The van der Waals surface area contributed by atoms with E-state index in [-0.39, 0.29) is 12.2 Å². The second-order valence-corrected chi connectivity index (χ2v) is 6.60. The van der Waals surface area contributed by atoms with Crippen LogP contribution in [0.1, 0.15) is 30.1 Å². The van der Waals surface area contributed by atoms with Crippen molar-refractivity contribution in [1.29, 1.82) is 0 Å². The lowest BCUT2D eigenvalue weighted by atomic mass is 9.98. The second-order valence-electron chi connectivity index (χ2n) is 5.69. The summed E-state index contributed by atoms with van der Waals surface area (Å²) in [6.07, 6.45) is 2.00. The van der Waals surface area contributed by atoms with Gasteiger partial charge in [-0.1, -0.05) is 0 Å². The first-order valence-electron chi connectivity index (χ1n) is 7.84. The van der Waals surface area contributed by atoms with Crippen molar-refractivity contribution in [2.75, 3.05) is 19.7 Å². The number of hydrogen-bond donors (Lipinski definition) is 2. The van der Waals surface area contributed by atoms with Crippen LogP contribution < -0.4 is 10.9 Å². The quantitative estimate of drug-likeness (QED) is 0.834. The summed E-state index contributed by atoms with van der Waals surface area (Å²) in [6.45, 7) is 4.34. The van der Waals surface area contributed by atoms with Crippen LogP contribution in [0, 0.1) is 5.92 Å². The van der Waals surface area contributed by atoms with E-state index < -0.39 is 17.3 Å². The summed E-state index contributed by atoms with van der Waals surface area (Å²) in [6, 6.07) is 1.82. The van der Waals surface area contributed by atoms with Crippen LogP contribution >= 0.6 is 11.3 Å². The minimum absolute atomic E-state index is 0.0107. The van der Waals surface area contributed by atoms with Crippen molar-refractivity contribution in [2.24, 2.45) is 5.92 Å². The van der Waals surface area contributed by atoms with Crippen molar-refractivity contribution < 1.29 is 14.6 Å². The minimum atomic E-state index is -0.649. The fourth-order valence-electron chi connectivity index (χ4n) is 3.05. The first-order valence-corrected chi connectivity index (χ1v) is 8.72. The molecular formula is C16H20N2O4S. The number of pyridine rings is 1. The summed E-state index contributed by atoms with van der Waals surface area (Å²) >= 11 is 1.33. The average Bonchev–Trinajstić information content (AvgIpc) is 3.02. The highest BCUT2D eigenvalue weighted by molar-refractivity contribution is 7.17. The van der Waals surface area contributed by atoms with E-state index in [0.717, 1.165) is 25.9 Å². The maximum Gasteiger partial charge on any atom is 0.343 e. The van der Waals surface area contributed by atoms with Crippen molar-refractivity contribution in [2.45, 2.75) is 26.3 Å². The Hall–Kier alpha value is -1.86. The Kier molecular flexibility index (Phi) is 4.68. The van der Waals surface area contributed by atoms with Crippen molar-refractivity contribution in [3.8, 4) is 5.75 Å². The maximum atomic E-state index is 12.6. The van der Waals surface area contributed by atoms with Gasteiger partial charge in [0.1, 0.15) is 5.56 Å². The van der Waals surface area contributed by atoms with Gasteiger partial charge in [0.15, 0.2) is 5.75 Å². The van der Waals surface area contributed by atoms with E-state index in [4.69, 9.17) is 4.74 Å². The predicted octanol–water partition coefficient (Wildman–Crippen LogP) is 1.94. The fraction of sp³-hybridized carbons (Fsp3) is 0.500. The number of carbonyl (C=O) groups is 1. The molecule has 0 spiro atoms. The zero-order chi connectivity index (χ0) is 16.4. The molecule has 1 aliphatic heterocycles. The topological polar surface area (TPSA) is 80.6 Å². The third-order valence-corrected chi connectivity index (χ3v) is 5.15. The van der Waals surface area contributed by atoms with Crippen LogP contribution in [-0.2, 0) is 11.3 Å². The maximum absolute atomic E-state index is 12.6. The lowest BCUT2D eigenvalue weighted by molar-refractivity contribution is 0.0525. The van der Waals surface area contributed by atoms with Crippen molar-refractivity contribution in [1.82, 2.24) is 9.88 Å². The zero-order valence-electron chi connectivity index (χ0n) is 13.0. The standard InChI is InChI=1S/C16H20N2O4S/c1-2-22-16(21)12-13(19)15(20)18(11-5-8-23-14(11)12)9-10-3-6-17-7-4-10/h5,8,10,17,19H,2-4,6-7,9H2,1H3. The Balaban J connectivity index is 2.08. The third-order valence-electron chi connectivity index (χ3n) is 4.23. The van der Waals surface area contributed by atoms with Gasteiger partial charge in [-0.15, -0.1) is 11.3 Å². The van der Waals surface area contributed by atoms with Crippen LogP contribution in [0.25, 0.3) is 10.2 Å². The van der Waals surface area contributed by atoms with E-state index in [0.29, 0.717) is 22.7 Å². The largest absolute Gasteiger partial charge is 0.502 e. The van der Waals surface area contributed by atoms with Gasteiger partial charge in [-0.25, -0.2) is 4.79 Å². The van der Waals surface area contributed by atoms with E-state index >= 15 is 0 Å². The molecular weight excluding hydrogens is 316 g/mol. The van der Waals surface area contributed by atoms with Gasteiger partial charge < -0.3 is 19.7 Å². The summed E-state index contributed by atoms with van der Waals surface area (Å²) < 4.78 is 7.19. The first-order chi connectivity index (χ1) is 11.1. The molecule has 2 aromatic rings. The molecule has 0 atom stereocenters. The van der Waals surface area contributed by atoms with E-state index in [1.165, 1.54) is 11.3 Å². The third kappa shape index (κ3) is 2.98. The SMILES string of the molecule is CCOC(=O)c1c(O)c(=O)n(CC2CCNCC2)c2ccsc12. The molecule has 23 heavy (non-hydrogen) atoms. The molecule has 0 saturated carbocycles. The van der Waals surface area contributed by atoms with Gasteiger partial charge in [0, 0.05) is 6.54 Å². The van der Waals surface area contributed by atoms with E-state index in [1.807, 2.05) is 11.4 Å². The summed E-state index contributed by atoms with van der Waals surface area (Å²) in [4.78, 5) is 24.7. The van der Waals surface area contributed by atoms with E-state index in [1.54, 1.807) is 11.5 Å². The highest BCUT2D eigenvalue weighted by Crippen LogP contribution is 2.30. The summed E-state index contributed by atoms with van der Waals surface area (Å²) in [5.74, 6) is -0.763. The lowest BCUT2D eigenvalue weighted by Crippen LogP contribution is -2.33. The van der Waals surface area contributed by atoms with Crippen molar-refractivity contribution in [3.05, 3.63) is 27.4 Å². The zero-order valence-corrected chi connectivity index (χ0v) is 13.8. The van der Waals surface area contributed by atoms with Gasteiger partial charge in [-0.3, -0.25) is 4.79 Å². The number of aromatic hydroxyl groups is 1. The van der Waals surface area contributed by atoms with Crippen LogP contribution in [0.3, 0.4) is 0 Å². The number of esters is 1. The lowest BCUT2D eigenvalue weighted by Gasteiger charge is -2.24. The Labute approximate surface area is 137 Å².